The van der Waals surface area contributed by atoms with Crippen molar-refractivity contribution in [3.63, 3.8) is 0 Å². The number of nitrogens with zero attached hydrogens (tertiary/aromatic N) is 5. The molecule has 1 atom stereocenters. The van der Waals surface area contributed by atoms with Gasteiger partial charge in [0.05, 0.1) is 24.9 Å². The number of carbonyl (C=O) groups excluding carboxylic acids is 2. The van der Waals surface area contributed by atoms with Crippen LogP contribution in [0.15, 0.2) is 23.9 Å². The number of hydrogen-bond acceptors (Lipinski definition) is 6. The van der Waals surface area contributed by atoms with Crippen molar-refractivity contribution in [2.75, 3.05) is 19.7 Å². The largest absolute Gasteiger partial charge is 0.367 e. The van der Waals surface area contributed by atoms with Crippen LogP contribution in [0.2, 0.25) is 0 Å². The molecular weight excluding hydrogens is 408 g/mol. The minimum atomic E-state index is -2.77. The first-order valence-corrected chi connectivity index (χ1v) is 9.81. The minimum absolute atomic E-state index is 0.0143. The molecule has 1 aliphatic carbocycles. The molecule has 2 aromatic rings. The van der Waals surface area contributed by atoms with Crippen molar-refractivity contribution in [1.29, 1.82) is 5.26 Å². The fourth-order valence-electron chi connectivity index (χ4n) is 4.42. The number of nitriles is 1. The molecule has 2 aliphatic rings. The molecule has 1 spiro atoms. The van der Waals surface area contributed by atoms with Gasteiger partial charge in [-0.25, -0.2) is 18.3 Å². The number of morpholine rings is 1. The van der Waals surface area contributed by atoms with E-state index >= 15 is 0 Å². The topological polar surface area (TPSA) is 101 Å². The Morgan fingerprint density at radius 2 is 2.13 bits per heavy atom. The Labute approximate surface area is 177 Å². The minimum Gasteiger partial charge on any atom is -0.367 e. The van der Waals surface area contributed by atoms with Crippen LogP contribution >= 0.6 is 0 Å². The summed E-state index contributed by atoms with van der Waals surface area (Å²) in [5.74, 6) is -0.674. The number of aromatic nitrogens is 3. The standard InChI is InChI=1S/C21H21F2N5O3/c1-12-6-15(17(22)23)28-18(26-12)14(9-25-28)19(30)27-4-5-31-21(11-27)7-13(8-24)16(29)20(2,3)10-21/h6-7,9,17H,4-5,10-11H2,1-3H3. The molecule has 3 heterocycles. The first-order valence-electron chi connectivity index (χ1n) is 9.81. The van der Waals surface area contributed by atoms with Crippen LogP contribution in [0.5, 0.6) is 0 Å². The summed E-state index contributed by atoms with van der Waals surface area (Å²) in [7, 11) is 0. The summed E-state index contributed by atoms with van der Waals surface area (Å²) in [6, 6.07) is 3.17. The van der Waals surface area contributed by atoms with Gasteiger partial charge in [0.2, 0.25) is 0 Å². The Morgan fingerprint density at radius 1 is 1.39 bits per heavy atom. The summed E-state index contributed by atoms with van der Waals surface area (Å²) in [5.41, 5.74) is -1.59. The van der Waals surface area contributed by atoms with Crippen LogP contribution in [0.3, 0.4) is 0 Å². The maximum Gasteiger partial charge on any atom is 0.280 e. The summed E-state index contributed by atoms with van der Waals surface area (Å²) in [6.07, 6.45) is 0.293. The summed E-state index contributed by atoms with van der Waals surface area (Å²) in [6.45, 7) is 5.67. The Bertz CT molecular complexity index is 1160. The first kappa shape index (κ1) is 21.1. The molecular formula is C21H21F2N5O3. The molecule has 0 radical (unpaired) electrons. The summed E-state index contributed by atoms with van der Waals surface area (Å²) in [5, 5.41) is 13.3. The Morgan fingerprint density at radius 3 is 2.81 bits per heavy atom. The van der Waals surface area contributed by atoms with Gasteiger partial charge in [-0.2, -0.15) is 10.4 Å². The molecule has 10 heteroatoms. The highest BCUT2D eigenvalue weighted by atomic mass is 19.3. The van der Waals surface area contributed by atoms with Gasteiger partial charge in [-0.15, -0.1) is 0 Å². The molecule has 8 nitrogen and oxygen atoms in total. The van der Waals surface area contributed by atoms with Gasteiger partial charge in [0, 0.05) is 17.7 Å². The molecule has 0 bridgehead atoms. The summed E-state index contributed by atoms with van der Waals surface area (Å²) < 4.78 is 33.7. The number of fused-ring (bicyclic) bond motifs is 1. The predicted molar refractivity (Wildman–Crippen MR) is 104 cm³/mol. The molecule has 1 amide bonds. The van der Waals surface area contributed by atoms with Crippen LogP contribution < -0.4 is 0 Å². The second-order valence-electron chi connectivity index (χ2n) is 8.62. The molecule has 31 heavy (non-hydrogen) atoms. The smallest absolute Gasteiger partial charge is 0.280 e. The Kier molecular flexibility index (Phi) is 4.89. The molecule has 162 valence electrons. The van der Waals surface area contributed by atoms with Crippen molar-refractivity contribution < 1.29 is 23.1 Å². The van der Waals surface area contributed by atoms with E-state index in [1.807, 2.05) is 6.07 Å². The van der Waals surface area contributed by atoms with E-state index in [2.05, 4.69) is 10.1 Å². The molecule has 0 aromatic carbocycles. The van der Waals surface area contributed by atoms with Crippen molar-refractivity contribution >= 4 is 17.3 Å². The zero-order chi connectivity index (χ0) is 22.6. The monoisotopic (exact) mass is 429 g/mol. The van der Waals surface area contributed by atoms with Crippen LogP contribution in [0, 0.1) is 23.7 Å². The van der Waals surface area contributed by atoms with Crippen molar-refractivity contribution in [2.45, 2.75) is 39.2 Å². The number of carbonyl (C=O) groups is 2. The van der Waals surface area contributed by atoms with Crippen molar-refractivity contribution in [3.8, 4) is 6.07 Å². The third-order valence-corrected chi connectivity index (χ3v) is 5.71. The van der Waals surface area contributed by atoms with Gasteiger partial charge >= 0.3 is 0 Å². The van der Waals surface area contributed by atoms with E-state index < -0.39 is 23.3 Å². The molecule has 4 rings (SSSR count). The lowest BCUT2D eigenvalue weighted by Crippen LogP contribution is -2.57. The van der Waals surface area contributed by atoms with Crippen molar-refractivity contribution in [1.82, 2.24) is 19.5 Å². The summed E-state index contributed by atoms with van der Waals surface area (Å²) >= 11 is 0. The number of Topliss-reactive ketones (excluding diaryl/α,β-unsaturated/α-hetero) is 1. The highest BCUT2D eigenvalue weighted by molar-refractivity contribution is 6.04. The zero-order valence-electron chi connectivity index (χ0n) is 17.4. The maximum absolute atomic E-state index is 13.4. The van der Waals surface area contributed by atoms with Crippen LogP contribution in [-0.2, 0) is 9.53 Å². The third kappa shape index (κ3) is 3.49. The van der Waals surface area contributed by atoms with E-state index in [-0.39, 0.29) is 48.0 Å². The molecule has 1 fully saturated rings. The van der Waals surface area contributed by atoms with Gasteiger partial charge in [-0.1, -0.05) is 13.8 Å². The quantitative estimate of drug-likeness (QED) is 0.728. The first-order chi connectivity index (χ1) is 14.6. The molecule has 1 aliphatic heterocycles. The average Bonchev–Trinajstić information content (AvgIpc) is 3.12. The van der Waals surface area contributed by atoms with Crippen molar-refractivity contribution in [2.24, 2.45) is 5.41 Å². The van der Waals surface area contributed by atoms with Crippen LogP contribution in [0.1, 0.15) is 48.4 Å². The van der Waals surface area contributed by atoms with E-state index in [1.165, 1.54) is 23.2 Å². The second-order valence-corrected chi connectivity index (χ2v) is 8.62. The van der Waals surface area contributed by atoms with E-state index in [0.29, 0.717) is 12.1 Å². The van der Waals surface area contributed by atoms with E-state index in [9.17, 15) is 23.6 Å². The molecule has 1 unspecified atom stereocenters. The molecule has 2 aromatic heterocycles. The number of hydrogen-bond donors (Lipinski definition) is 0. The number of halogens is 2. The fourth-order valence-corrected chi connectivity index (χ4v) is 4.42. The summed E-state index contributed by atoms with van der Waals surface area (Å²) in [4.78, 5) is 31.5. The van der Waals surface area contributed by atoms with E-state index in [1.54, 1.807) is 20.8 Å². The van der Waals surface area contributed by atoms with Gasteiger partial charge in [0.25, 0.3) is 12.3 Å². The number of rotatable bonds is 2. The maximum atomic E-state index is 13.4. The van der Waals surface area contributed by atoms with Crippen LogP contribution in [0.25, 0.3) is 5.65 Å². The number of ketones is 1. The molecule has 1 saturated heterocycles. The van der Waals surface area contributed by atoms with Gasteiger partial charge < -0.3 is 9.64 Å². The normalized spacial score (nSPS) is 23.3. The van der Waals surface area contributed by atoms with E-state index in [0.717, 1.165) is 4.52 Å². The Balaban J connectivity index is 1.70. The zero-order valence-corrected chi connectivity index (χ0v) is 17.4. The molecule has 0 N–H and O–H groups in total. The van der Waals surface area contributed by atoms with Crippen LogP contribution in [-0.4, -0.2) is 56.5 Å². The van der Waals surface area contributed by atoms with Crippen molar-refractivity contribution in [3.05, 3.63) is 40.9 Å². The predicted octanol–water partition coefficient (Wildman–Crippen LogP) is 2.64. The highest BCUT2D eigenvalue weighted by Crippen LogP contribution is 2.41. The van der Waals surface area contributed by atoms with Gasteiger partial charge in [0.15, 0.2) is 11.4 Å². The SMILES string of the molecule is Cc1cc(C(F)F)n2ncc(C(=O)N3CCOC4(C=C(C#N)C(=O)C(C)(C)C4)C3)c2n1. The number of ether oxygens (including phenoxy) is 1. The lowest BCUT2D eigenvalue weighted by molar-refractivity contribution is -0.134. The third-order valence-electron chi connectivity index (χ3n) is 5.71. The second kappa shape index (κ2) is 7.20. The fraction of sp³-hybridized carbons (Fsp3) is 0.476. The van der Waals surface area contributed by atoms with Gasteiger partial charge in [-0.05, 0) is 25.5 Å². The average molecular weight is 429 g/mol. The van der Waals surface area contributed by atoms with Crippen LogP contribution in [0.4, 0.5) is 8.78 Å². The van der Waals surface area contributed by atoms with Gasteiger partial charge in [0.1, 0.15) is 22.9 Å². The molecule has 0 saturated carbocycles. The highest BCUT2D eigenvalue weighted by Gasteiger charge is 2.48. The van der Waals surface area contributed by atoms with Gasteiger partial charge in [-0.3, -0.25) is 9.59 Å². The Hall–Kier alpha value is -3.19. The number of aryl methyl sites for hydroxylation is 1. The van der Waals surface area contributed by atoms with E-state index in [4.69, 9.17) is 4.74 Å². The lowest BCUT2D eigenvalue weighted by Gasteiger charge is -2.46. The number of amides is 1. The number of alkyl halides is 2. The number of allylic oxidation sites excluding steroid dienone is 1. The lowest BCUT2D eigenvalue weighted by atomic mass is 9.69.